The first-order chi connectivity index (χ1) is 12.0. The number of likely N-dealkylation sites (tertiary alicyclic amines) is 1. The van der Waals surface area contributed by atoms with E-state index in [0.717, 1.165) is 17.2 Å². The van der Waals surface area contributed by atoms with Gasteiger partial charge in [0.15, 0.2) is 0 Å². The van der Waals surface area contributed by atoms with Crippen molar-refractivity contribution in [2.24, 2.45) is 11.8 Å². The Morgan fingerprint density at radius 1 is 1.08 bits per heavy atom. The van der Waals surface area contributed by atoms with Gasteiger partial charge in [-0.15, -0.1) is 0 Å². The van der Waals surface area contributed by atoms with E-state index in [2.05, 4.69) is 5.32 Å². The smallest absolute Gasteiger partial charge is 0.261 e. The summed E-state index contributed by atoms with van der Waals surface area (Å²) in [5.41, 5.74) is 0.373. The molecule has 2 bridgehead atoms. The summed E-state index contributed by atoms with van der Waals surface area (Å²) in [7, 11) is 0. The third-order valence-electron chi connectivity index (χ3n) is 5.89. The Morgan fingerprint density at radius 3 is 2.48 bits per heavy atom. The lowest BCUT2D eigenvalue weighted by Crippen LogP contribution is -2.51. The highest BCUT2D eigenvalue weighted by Gasteiger charge is 2.44. The Morgan fingerprint density at radius 2 is 1.84 bits per heavy atom. The van der Waals surface area contributed by atoms with E-state index in [1.165, 1.54) is 19.3 Å². The molecule has 4 atom stereocenters. The molecule has 4 rings (SSSR count). The van der Waals surface area contributed by atoms with E-state index in [1.54, 1.807) is 24.3 Å². The largest absolute Gasteiger partial charge is 0.351 e. The summed E-state index contributed by atoms with van der Waals surface area (Å²) in [6, 6.07) is 5.89. The molecule has 1 aromatic carbocycles. The van der Waals surface area contributed by atoms with Gasteiger partial charge in [-0.2, -0.15) is 0 Å². The third kappa shape index (κ3) is 3.06. The van der Waals surface area contributed by atoms with Crippen LogP contribution in [0.25, 0.3) is 0 Å². The maximum absolute atomic E-state index is 12.7. The van der Waals surface area contributed by atoms with Crippen LogP contribution in [-0.4, -0.2) is 34.7 Å². The quantitative estimate of drug-likeness (QED) is 0.843. The number of nitrogens with one attached hydrogen (secondary N) is 1. The van der Waals surface area contributed by atoms with Crippen LogP contribution in [0.15, 0.2) is 24.3 Å². The summed E-state index contributed by atoms with van der Waals surface area (Å²) in [4.78, 5) is 38.8. The molecule has 2 saturated carbocycles. The molecule has 2 aliphatic carbocycles. The lowest BCUT2D eigenvalue weighted by Gasteiger charge is -2.27. The van der Waals surface area contributed by atoms with Crippen molar-refractivity contribution in [1.29, 1.82) is 0 Å². The molecule has 0 radical (unpaired) electrons. The van der Waals surface area contributed by atoms with Gasteiger partial charge in [0.05, 0.1) is 0 Å². The molecular weight excluding hydrogens is 340 g/mol. The van der Waals surface area contributed by atoms with Crippen molar-refractivity contribution in [3.05, 3.63) is 34.9 Å². The van der Waals surface area contributed by atoms with Gasteiger partial charge in [-0.1, -0.05) is 18.0 Å². The molecule has 1 N–H and O–H groups in total. The monoisotopic (exact) mass is 360 g/mol. The zero-order valence-electron chi connectivity index (χ0n) is 13.9. The minimum Gasteiger partial charge on any atom is -0.351 e. The molecule has 1 heterocycles. The summed E-state index contributed by atoms with van der Waals surface area (Å²) in [5.74, 6) is 0.393. The predicted octanol–water partition coefficient (Wildman–Crippen LogP) is 2.78. The number of hydrogen-bond acceptors (Lipinski definition) is 3. The molecule has 4 unspecified atom stereocenters. The first kappa shape index (κ1) is 16.6. The van der Waals surface area contributed by atoms with Gasteiger partial charge in [0.25, 0.3) is 5.91 Å². The van der Waals surface area contributed by atoms with Crippen molar-refractivity contribution in [3.8, 4) is 0 Å². The average molecular weight is 361 g/mol. The van der Waals surface area contributed by atoms with E-state index in [-0.39, 0.29) is 24.3 Å². The molecule has 0 aromatic heterocycles. The molecule has 1 aliphatic heterocycles. The fourth-order valence-electron chi connectivity index (χ4n) is 4.62. The number of benzene rings is 1. The van der Waals surface area contributed by atoms with Crippen molar-refractivity contribution in [2.75, 3.05) is 0 Å². The Kier molecular flexibility index (Phi) is 4.28. The van der Waals surface area contributed by atoms with Gasteiger partial charge in [-0.25, -0.2) is 0 Å². The number of nitrogens with zero attached hydrogens (tertiary/aromatic N) is 1. The Hall–Kier alpha value is -1.88. The van der Waals surface area contributed by atoms with Crippen LogP contribution in [0.5, 0.6) is 0 Å². The normalized spacial score (nSPS) is 30.8. The summed E-state index contributed by atoms with van der Waals surface area (Å²) >= 11 is 5.85. The van der Waals surface area contributed by atoms with Crippen molar-refractivity contribution >= 4 is 29.3 Å². The van der Waals surface area contributed by atoms with E-state index in [1.807, 2.05) is 0 Å². The number of imide groups is 1. The minimum atomic E-state index is -0.699. The summed E-state index contributed by atoms with van der Waals surface area (Å²) in [6.45, 7) is 0. The standard InChI is InChI=1S/C19H21ClN2O3/c20-14-5-3-12(4-6-14)19(25)22-16(7-8-17(22)23)18(24)21-15-10-11-1-2-13(15)9-11/h3-6,11,13,15-16H,1-2,7-10H2,(H,21,24). The summed E-state index contributed by atoms with van der Waals surface area (Å²) < 4.78 is 0. The van der Waals surface area contributed by atoms with Crippen LogP contribution < -0.4 is 5.32 Å². The van der Waals surface area contributed by atoms with Crippen LogP contribution >= 0.6 is 11.6 Å². The fourth-order valence-corrected chi connectivity index (χ4v) is 4.74. The van der Waals surface area contributed by atoms with Crippen LogP contribution in [-0.2, 0) is 9.59 Å². The first-order valence-corrected chi connectivity index (χ1v) is 9.33. The van der Waals surface area contributed by atoms with E-state index in [9.17, 15) is 14.4 Å². The second-order valence-corrected chi connectivity index (χ2v) is 7.86. The van der Waals surface area contributed by atoms with Crippen LogP contribution in [0.3, 0.4) is 0 Å². The number of hydrogen-bond donors (Lipinski definition) is 1. The van der Waals surface area contributed by atoms with Crippen molar-refractivity contribution < 1.29 is 14.4 Å². The second kappa shape index (κ2) is 6.45. The van der Waals surface area contributed by atoms with Gasteiger partial charge in [-0.3, -0.25) is 19.3 Å². The van der Waals surface area contributed by atoms with Crippen LogP contribution in [0.2, 0.25) is 5.02 Å². The number of carbonyl (C=O) groups is 3. The fraction of sp³-hybridized carbons (Fsp3) is 0.526. The Bertz CT molecular complexity index is 718. The molecular formula is C19H21ClN2O3. The lowest BCUT2D eigenvalue weighted by atomic mass is 9.95. The van der Waals surface area contributed by atoms with Crippen molar-refractivity contribution in [3.63, 3.8) is 0 Å². The zero-order valence-corrected chi connectivity index (χ0v) is 14.7. The number of halogens is 1. The highest BCUT2D eigenvalue weighted by molar-refractivity contribution is 6.30. The highest BCUT2D eigenvalue weighted by atomic mass is 35.5. The van der Waals surface area contributed by atoms with Gasteiger partial charge in [0.1, 0.15) is 6.04 Å². The molecule has 3 fully saturated rings. The van der Waals surface area contributed by atoms with E-state index in [0.29, 0.717) is 22.9 Å². The van der Waals surface area contributed by atoms with Crippen LogP contribution in [0.4, 0.5) is 0 Å². The van der Waals surface area contributed by atoms with Crippen LogP contribution in [0.1, 0.15) is 48.9 Å². The van der Waals surface area contributed by atoms with E-state index < -0.39 is 11.9 Å². The Labute approximate surface area is 151 Å². The van der Waals surface area contributed by atoms with Gasteiger partial charge in [0.2, 0.25) is 11.8 Å². The minimum absolute atomic E-state index is 0.189. The van der Waals surface area contributed by atoms with Gasteiger partial charge in [-0.05, 0) is 61.8 Å². The second-order valence-electron chi connectivity index (χ2n) is 7.42. The summed E-state index contributed by atoms with van der Waals surface area (Å²) in [6.07, 6.45) is 5.29. The SMILES string of the molecule is O=C(NC1CC2CCC1C2)C1CCC(=O)N1C(=O)c1ccc(Cl)cc1. The van der Waals surface area contributed by atoms with Crippen molar-refractivity contribution in [2.45, 2.75) is 50.6 Å². The van der Waals surface area contributed by atoms with Gasteiger partial charge >= 0.3 is 0 Å². The lowest BCUT2D eigenvalue weighted by molar-refractivity contribution is -0.133. The number of rotatable bonds is 3. The van der Waals surface area contributed by atoms with Crippen LogP contribution in [0, 0.1) is 11.8 Å². The van der Waals surface area contributed by atoms with Gasteiger partial charge < -0.3 is 5.32 Å². The van der Waals surface area contributed by atoms with E-state index >= 15 is 0 Å². The van der Waals surface area contributed by atoms with Crippen molar-refractivity contribution in [1.82, 2.24) is 10.2 Å². The molecule has 3 amide bonds. The molecule has 6 heteroatoms. The maximum Gasteiger partial charge on any atom is 0.261 e. The molecule has 5 nitrogen and oxygen atoms in total. The maximum atomic E-state index is 12.7. The topological polar surface area (TPSA) is 66.5 Å². The molecule has 1 aromatic rings. The predicted molar refractivity (Wildman–Crippen MR) is 93.0 cm³/mol. The highest BCUT2D eigenvalue weighted by Crippen LogP contribution is 2.44. The van der Waals surface area contributed by atoms with Gasteiger partial charge in [0, 0.05) is 23.0 Å². The summed E-state index contributed by atoms with van der Waals surface area (Å²) in [5, 5.41) is 3.64. The molecule has 1 saturated heterocycles. The number of amides is 3. The third-order valence-corrected chi connectivity index (χ3v) is 6.14. The average Bonchev–Trinajstić information content (AvgIpc) is 3.30. The first-order valence-electron chi connectivity index (χ1n) is 8.95. The molecule has 0 spiro atoms. The molecule has 25 heavy (non-hydrogen) atoms. The number of carbonyl (C=O) groups excluding carboxylic acids is 3. The number of fused-ring (bicyclic) bond motifs is 2. The molecule has 132 valence electrons. The Balaban J connectivity index is 1.48. The van der Waals surface area contributed by atoms with E-state index in [4.69, 9.17) is 11.6 Å². The zero-order chi connectivity index (χ0) is 17.6. The molecule has 3 aliphatic rings.